The van der Waals surface area contributed by atoms with Gasteiger partial charge < -0.3 is 0 Å². The Morgan fingerprint density at radius 1 is 1.20 bits per heavy atom. The maximum atomic E-state index is 12.9. The number of halogens is 3. The van der Waals surface area contributed by atoms with Gasteiger partial charge in [0, 0.05) is 16.0 Å². The van der Waals surface area contributed by atoms with Gasteiger partial charge in [0.15, 0.2) is 10.7 Å². The quantitative estimate of drug-likeness (QED) is 0.466. The Morgan fingerprint density at radius 3 is 2.64 bits per heavy atom. The van der Waals surface area contributed by atoms with E-state index in [1.54, 1.807) is 23.6 Å². The Labute approximate surface area is 157 Å². The van der Waals surface area contributed by atoms with Crippen molar-refractivity contribution < 1.29 is 4.39 Å². The monoisotopic (exact) mass is 390 g/mol. The van der Waals surface area contributed by atoms with E-state index in [2.05, 4.69) is 15.5 Å². The zero-order chi connectivity index (χ0) is 17.8. The first-order chi connectivity index (χ1) is 12.1. The van der Waals surface area contributed by atoms with Gasteiger partial charge in [0.1, 0.15) is 11.9 Å². The Balaban J connectivity index is 1.85. The van der Waals surface area contributed by atoms with Crippen LogP contribution in [0.3, 0.4) is 0 Å². The summed E-state index contributed by atoms with van der Waals surface area (Å²) >= 11 is 13.3. The Morgan fingerprint density at radius 2 is 1.96 bits per heavy atom. The van der Waals surface area contributed by atoms with Gasteiger partial charge in [0.2, 0.25) is 0 Å². The summed E-state index contributed by atoms with van der Waals surface area (Å²) < 4.78 is 12.9. The number of nitrogens with zero attached hydrogens (tertiary/aromatic N) is 3. The number of hydrogen-bond acceptors (Lipinski definition) is 5. The summed E-state index contributed by atoms with van der Waals surface area (Å²) in [6.07, 6.45) is 0. The second kappa shape index (κ2) is 7.62. The molecule has 0 atom stereocenters. The highest BCUT2D eigenvalue weighted by Crippen LogP contribution is 2.31. The fourth-order valence-corrected chi connectivity index (χ4v) is 3.23. The summed E-state index contributed by atoms with van der Waals surface area (Å²) in [6, 6.07) is 12.8. The molecule has 0 unspecified atom stereocenters. The van der Waals surface area contributed by atoms with Gasteiger partial charge in [-0.05, 0) is 42.5 Å². The van der Waals surface area contributed by atoms with Crippen molar-refractivity contribution in [1.82, 2.24) is 4.98 Å². The summed E-state index contributed by atoms with van der Waals surface area (Å²) in [7, 11) is 0. The first kappa shape index (κ1) is 17.4. The molecular weight excluding hydrogens is 382 g/mol. The molecule has 3 rings (SSSR count). The third-order valence-electron chi connectivity index (χ3n) is 3.16. The summed E-state index contributed by atoms with van der Waals surface area (Å²) in [5.74, 6) is -0.348. The third-order valence-corrected chi connectivity index (χ3v) is 4.56. The van der Waals surface area contributed by atoms with E-state index < -0.39 is 0 Å². The summed E-state index contributed by atoms with van der Waals surface area (Å²) in [5, 5.41) is 16.6. The molecule has 0 radical (unpaired) electrons. The van der Waals surface area contributed by atoms with Gasteiger partial charge in [0.05, 0.1) is 16.4 Å². The van der Waals surface area contributed by atoms with Crippen molar-refractivity contribution in [2.24, 2.45) is 5.10 Å². The van der Waals surface area contributed by atoms with Crippen molar-refractivity contribution in [2.45, 2.75) is 0 Å². The van der Waals surface area contributed by atoms with E-state index in [0.717, 1.165) is 5.56 Å². The van der Waals surface area contributed by atoms with Gasteiger partial charge in [-0.3, -0.25) is 5.43 Å². The molecule has 0 bridgehead atoms. The Hall–Kier alpha value is -2.46. The molecule has 0 aliphatic rings. The lowest BCUT2D eigenvalue weighted by atomic mass is 10.2. The van der Waals surface area contributed by atoms with Crippen molar-refractivity contribution in [3.63, 3.8) is 0 Å². The molecule has 0 saturated carbocycles. The number of benzene rings is 2. The summed E-state index contributed by atoms with van der Waals surface area (Å²) in [4.78, 5) is 4.41. The predicted molar refractivity (Wildman–Crippen MR) is 99.7 cm³/mol. The molecule has 1 heterocycles. The number of nitrogens with one attached hydrogen (secondary N) is 1. The van der Waals surface area contributed by atoms with Gasteiger partial charge in [-0.25, -0.2) is 9.37 Å². The van der Waals surface area contributed by atoms with Crippen molar-refractivity contribution in [2.75, 3.05) is 5.43 Å². The maximum absolute atomic E-state index is 12.9. The minimum absolute atomic E-state index is 0.116. The van der Waals surface area contributed by atoms with Crippen LogP contribution in [0, 0.1) is 17.1 Å². The molecule has 0 aliphatic carbocycles. The summed E-state index contributed by atoms with van der Waals surface area (Å²) in [5.41, 5.74) is 4.74. The number of anilines is 1. The Bertz CT molecular complexity index is 977. The van der Waals surface area contributed by atoms with Crippen LogP contribution in [0.25, 0.3) is 11.3 Å². The van der Waals surface area contributed by atoms with Crippen LogP contribution in [0.1, 0.15) is 5.01 Å². The number of rotatable bonds is 4. The molecule has 0 amide bonds. The van der Waals surface area contributed by atoms with Crippen LogP contribution in [0.2, 0.25) is 10.0 Å². The SMILES string of the molecule is N#C/C(=N\Nc1ccc(F)cc1)c1nc(-c2ccc(Cl)cc2Cl)cs1. The number of aromatic nitrogens is 1. The van der Waals surface area contributed by atoms with Crippen LogP contribution in [0.5, 0.6) is 0 Å². The zero-order valence-corrected chi connectivity index (χ0v) is 14.8. The molecule has 0 fully saturated rings. The maximum Gasteiger partial charge on any atom is 0.196 e. The van der Waals surface area contributed by atoms with Crippen LogP contribution in [0.4, 0.5) is 10.1 Å². The number of thiazole rings is 1. The van der Waals surface area contributed by atoms with Gasteiger partial charge in [-0.15, -0.1) is 11.3 Å². The molecule has 4 nitrogen and oxygen atoms in total. The second-order valence-electron chi connectivity index (χ2n) is 4.85. The third kappa shape index (κ3) is 4.15. The molecule has 0 aliphatic heterocycles. The van der Waals surface area contributed by atoms with Crippen LogP contribution in [-0.4, -0.2) is 10.7 Å². The smallest absolute Gasteiger partial charge is 0.196 e. The molecule has 2 aromatic carbocycles. The van der Waals surface area contributed by atoms with Crippen LogP contribution < -0.4 is 5.43 Å². The fraction of sp³-hybridized carbons (Fsp3) is 0. The first-order valence-electron chi connectivity index (χ1n) is 6.97. The predicted octanol–water partition coefficient (Wildman–Crippen LogP) is 5.60. The molecule has 124 valence electrons. The second-order valence-corrected chi connectivity index (χ2v) is 6.55. The topological polar surface area (TPSA) is 61.1 Å². The van der Waals surface area contributed by atoms with Crippen molar-refractivity contribution >= 4 is 45.9 Å². The number of nitriles is 1. The molecule has 0 spiro atoms. The van der Waals surface area contributed by atoms with Gasteiger partial charge in [-0.2, -0.15) is 10.4 Å². The fourth-order valence-electron chi connectivity index (χ4n) is 1.97. The van der Waals surface area contributed by atoms with Crippen LogP contribution >= 0.6 is 34.5 Å². The molecule has 25 heavy (non-hydrogen) atoms. The van der Waals surface area contributed by atoms with Crippen molar-refractivity contribution in [3.05, 3.63) is 68.7 Å². The van der Waals surface area contributed by atoms with E-state index in [1.807, 2.05) is 6.07 Å². The average molecular weight is 391 g/mol. The highest BCUT2D eigenvalue weighted by Gasteiger charge is 2.13. The molecule has 8 heteroatoms. The largest absolute Gasteiger partial charge is 0.277 e. The van der Waals surface area contributed by atoms with E-state index >= 15 is 0 Å². The normalized spacial score (nSPS) is 11.2. The van der Waals surface area contributed by atoms with E-state index in [1.165, 1.54) is 35.6 Å². The van der Waals surface area contributed by atoms with Crippen LogP contribution in [-0.2, 0) is 0 Å². The average Bonchev–Trinajstić information content (AvgIpc) is 3.06. The molecule has 1 aromatic heterocycles. The minimum atomic E-state index is -0.348. The first-order valence-corrected chi connectivity index (χ1v) is 8.61. The van der Waals surface area contributed by atoms with E-state index in [9.17, 15) is 9.65 Å². The van der Waals surface area contributed by atoms with Crippen molar-refractivity contribution in [1.29, 1.82) is 5.26 Å². The Kier molecular flexibility index (Phi) is 5.29. The summed E-state index contributed by atoms with van der Waals surface area (Å²) in [6.45, 7) is 0. The molecular formula is C17H9Cl2FN4S. The number of hydrogen-bond donors (Lipinski definition) is 1. The van der Waals surface area contributed by atoms with Crippen molar-refractivity contribution in [3.8, 4) is 17.3 Å². The van der Waals surface area contributed by atoms with E-state index in [0.29, 0.717) is 26.4 Å². The molecule has 1 N–H and O–H groups in total. The highest BCUT2D eigenvalue weighted by molar-refractivity contribution is 7.12. The van der Waals surface area contributed by atoms with E-state index in [-0.39, 0.29) is 11.5 Å². The van der Waals surface area contributed by atoms with Crippen LogP contribution in [0.15, 0.2) is 52.9 Å². The standard InChI is InChI=1S/C17H9Cl2FN4S/c18-10-1-6-13(14(19)7-10)16-9-25-17(22-16)15(8-21)24-23-12-4-2-11(20)3-5-12/h1-7,9,23H/b24-15+. The van der Waals surface area contributed by atoms with E-state index in [4.69, 9.17) is 23.2 Å². The lowest BCUT2D eigenvalue weighted by Gasteiger charge is -2.01. The zero-order valence-electron chi connectivity index (χ0n) is 12.5. The molecule has 0 saturated heterocycles. The highest BCUT2D eigenvalue weighted by atomic mass is 35.5. The molecule has 3 aromatic rings. The van der Waals surface area contributed by atoms with Gasteiger partial charge >= 0.3 is 0 Å². The van der Waals surface area contributed by atoms with Gasteiger partial charge in [-0.1, -0.05) is 23.2 Å². The minimum Gasteiger partial charge on any atom is -0.277 e. The number of hydrazone groups is 1. The lowest BCUT2D eigenvalue weighted by Crippen LogP contribution is -2.01. The lowest BCUT2D eigenvalue weighted by molar-refractivity contribution is 0.628. The van der Waals surface area contributed by atoms with Gasteiger partial charge in [0.25, 0.3) is 0 Å².